The first-order valence-electron chi connectivity index (χ1n) is 7.43. The van der Waals surface area contributed by atoms with Gasteiger partial charge in [0.1, 0.15) is 12.4 Å². The normalized spacial score (nSPS) is 21.0. The Balaban J connectivity index is 1.91. The van der Waals surface area contributed by atoms with E-state index in [0.29, 0.717) is 13.2 Å². The summed E-state index contributed by atoms with van der Waals surface area (Å²) in [4.78, 5) is 14.2. The van der Waals surface area contributed by atoms with Gasteiger partial charge in [0.15, 0.2) is 0 Å². The van der Waals surface area contributed by atoms with Crippen molar-refractivity contribution in [2.45, 2.75) is 25.9 Å². The molecule has 0 saturated carbocycles. The maximum atomic E-state index is 12.4. The lowest BCUT2D eigenvalue weighted by Crippen LogP contribution is -2.37. The largest absolute Gasteiger partial charge is 0.490 e. The van der Waals surface area contributed by atoms with E-state index in [2.05, 4.69) is 18.8 Å². The topological polar surface area (TPSA) is 41.6 Å². The monoisotopic (exact) mass is 288 g/mol. The van der Waals surface area contributed by atoms with E-state index in [0.717, 1.165) is 24.3 Å². The van der Waals surface area contributed by atoms with Gasteiger partial charge in [0, 0.05) is 19.6 Å². The van der Waals surface area contributed by atoms with Gasteiger partial charge in [-0.2, -0.15) is 0 Å². The standard InChI is InChI=1S/C17H24N2O2/c1-4-11-21-15-7-5-14(6-8-15)12-19(3)17(20)16-9-10-18-13(16)2/h4-8,13,16,18H,1,9-12H2,2-3H3. The zero-order chi connectivity index (χ0) is 15.2. The summed E-state index contributed by atoms with van der Waals surface area (Å²) in [6.07, 6.45) is 2.65. The minimum absolute atomic E-state index is 0.102. The van der Waals surface area contributed by atoms with E-state index < -0.39 is 0 Å². The van der Waals surface area contributed by atoms with Crippen molar-refractivity contribution in [2.75, 3.05) is 20.2 Å². The SMILES string of the molecule is C=CCOc1ccc(CN(C)C(=O)C2CCNC2C)cc1. The molecular weight excluding hydrogens is 264 g/mol. The molecule has 0 radical (unpaired) electrons. The minimum Gasteiger partial charge on any atom is -0.490 e. The number of rotatable bonds is 6. The molecule has 2 unspecified atom stereocenters. The van der Waals surface area contributed by atoms with Gasteiger partial charge >= 0.3 is 0 Å². The highest BCUT2D eigenvalue weighted by Crippen LogP contribution is 2.19. The van der Waals surface area contributed by atoms with Gasteiger partial charge in [-0.15, -0.1) is 0 Å². The third-order valence-electron chi connectivity index (χ3n) is 3.93. The Kier molecular flexibility index (Phi) is 5.39. The highest BCUT2D eigenvalue weighted by Gasteiger charge is 2.31. The van der Waals surface area contributed by atoms with Crippen molar-refractivity contribution in [3.05, 3.63) is 42.5 Å². The van der Waals surface area contributed by atoms with E-state index in [1.54, 1.807) is 6.08 Å². The number of nitrogens with zero attached hydrogens (tertiary/aromatic N) is 1. The van der Waals surface area contributed by atoms with Crippen LogP contribution in [0.5, 0.6) is 5.75 Å². The summed E-state index contributed by atoms with van der Waals surface area (Å²) in [7, 11) is 1.87. The van der Waals surface area contributed by atoms with Crippen LogP contribution in [0, 0.1) is 5.92 Å². The van der Waals surface area contributed by atoms with E-state index in [9.17, 15) is 4.79 Å². The molecule has 1 aromatic carbocycles. The van der Waals surface area contributed by atoms with Gasteiger partial charge in [-0.1, -0.05) is 24.8 Å². The number of ether oxygens (including phenoxy) is 1. The van der Waals surface area contributed by atoms with Gasteiger partial charge in [0.2, 0.25) is 5.91 Å². The molecule has 4 heteroatoms. The predicted molar refractivity (Wildman–Crippen MR) is 84.2 cm³/mol. The Morgan fingerprint density at radius 3 is 2.76 bits per heavy atom. The van der Waals surface area contributed by atoms with Gasteiger partial charge < -0.3 is 15.0 Å². The maximum Gasteiger partial charge on any atom is 0.227 e. The number of hydrogen-bond acceptors (Lipinski definition) is 3. The highest BCUT2D eigenvalue weighted by molar-refractivity contribution is 5.79. The Labute approximate surface area is 126 Å². The van der Waals surface area contributed by atoms with Gasteiger partial charge in [0.05, 0.1) is 5.92 Å². The molecule has 1 N–H and O–H groups in total. The maximum absolute atomic E-state index is 12.4. The lowest BCUT2D eigenvalue weighted by atomic mass is 10.0. The van der Waals surface area contributed by atoms with Gasteiger partial charge in [-0.05, 0) is 37.6 Å². The summed E-state index contributed by atoms with van der Waals surface area (Å²) in [6.45, 7) is 7.76. The van der Waals surface area contributed by atoms with Crippen LogP contribution in [0.25, 0.3) is 0 Å². The summed E-state index contributed by atoms with van der Waals surface area (Å²) in [5, 5.41) is 3.32. The van der Waals surface area contributed by atoms with Crippen molar-refractivity contribution in [1.82, 2.24) is 10.2 Å². The van der Waals surface area contributed by atoms with Gasteiger partial charge in [-0.25, -0.2) is 0 Å². The van der Waals surface area contributed by atoms with Gasteiger partial charge in [0.25, 0.3) is 0 Å². The molecule has 1 aromatic rings. The van der Waals surface area contributed by atoms with Crippen LogP contribution in [0.15, 0.2) is 36.9 Å². The summed E-state index contributed by atoms with van der Waals surface area (Å²) in [5.41, 5.74) is 1.11. The van der Waals surface area contributed by atoms with Crippen molar-refractivity contribution >= 4 is 5.91 Å². The number of carbonyl (C=O) groups is 1. The number of benzene rings is 1. The van der Waals surface area contributed by atoms with Crippen LogP contribution in [-0.2, 0) is 11.3 Å². The second kappa shape index (κ2) is 7.27. The molecule has 21 heavy (non-hydrogen) atoms. The zero-order valence-corrected chi connectivity index (χ0v) is 12.8. The Hall–Kier alpha value is -1.81. The molecule has 1 aliphatic rings. The van der Waals surface area contributed by atoms with Crippen molar-refractivity contribution in [3.63, 3.8) is 0 Å². The molecule has 1 aliphatic heterocycles. The molecule has 1 amide bonds. The summed E-state index contributed by atoms with van der Waals surface area (Å²) in [5.74, 6) is 1.14. The molecule has 0 bridgehead atoms. The average Bonchev–Trinajstić information content (AvgIpc) is 2.92. The van der Waals surface area contributed by atoms with E-state index in [-0.39, 0.29) is 17.9 Å². The third-order valence-corrected chi connectivity index (χ3v) is 3.93. The van der Waals surface area contributed by atoms with Crippen LogP contribution >= 0.6 is 0 Å². The molecule has 114 valence electrons. The molecular formula is C17H24N2O2. The number of nitrogens with one attached hydrogen (secondary N) is 1. The van der Waals surface area contributed by atoms with Crippen LogP contribution in [0.3, 0.4) is 0 Å². The van der Waals surface area contributed by atoms with Crippen LogP contribution in [0.1, 0.15) is 18.9 Å². The fourth-order valence-electron chi connectivity index (χ4n) is 2.68. The zero-order valence-electron chi connectivity index (χ0n) is 12.8. The highest BCUT2D eigenvalue weighted by atomic mass is 16.5. The summed E-state index contributed by atoms with van der Waals surface area (Å²) >= 11 is 0. The Morgan fingerprint density at radius 1 is 1.48 bits per heavy atom. The molecule has 2 rings (SSSR count). The van der Waals surface area contributed by atoms with Crippen LogP contribution in [0.4, 0.5) is 0 Å². The first-order chi connectivity index (χ1) is 10.1. The molecule has 0 spiro atoms. The summed E-state index contributed by atoms with van der Waals surface area (Å²) in [6, 6.07) is 8.12. The first-order valence-corrected chi connectivity index (χ1v) is 7.43. The van der Waals surface area contributed by atoms with Crippen LogP contribution < -0.4 is 10.1 Å². The van der Waals surface area contributed by atoms with Crippen molar-refractivity contribution in [1.29, 1.82) is 0 Å². The van der Waals surface area contributed by atoms with Gasteiger partial charge in [-0.3, -0.25) is 4.79 Å². The molecule has 0 aliphatic carbocycles. The summed E-state index contributed by atoms with van der Waals surface area (Å²) < 4.78 is 5.45. The number of carbonyl (C=O) groups excluding carboxylic acids is 1. The van der Waals surface area contributed by atoms with E-state index in [1.807, 2.05) is 36.2 Å². The fourth-order valence-corrected chi connectivity index (χ4v) is 2.68. The van der Waals surface area contributed by atoms with E-state index in [4.69, 9.17) is 4.74 Å². The number of amides is 1. The molecule has 0 aromatic heterocycles. The second-order valence-electron chi connectivity index (χ2n) is 5.58. The van der Waals surface area contributed by atoms with Crippen molar-refractivity contribution in [3.8, 4) is 5.75 Å². The van der Waals surface area contributed by atoms with Crippen LogP contribution in [-0.4, -0.2) is 37.0 Å². The molecule has 2 atom stereocenters. The van der Waals surface area contributed by atoms with Crippen molar-refractivity contribution in [2.24, 2.45) is 5.92 Å². The van der Waals surface area contributed by atoms with E-state index in [1.165, 1.54) is 0 Å². The molecule has 1 fully saturated rings. The minimum atomic E-state index is 0.102. The van der Waals surface area contributed by atoms with E-state index >= 15 is 0 Å². The molecule has 1 heterocycles. The first kappa shape index (κ1) is 15.6. The predicted octanol–water partition coefficient (Wildman–Crippen LogP) is 2.21. The third kappa shape index (κ3) is 4.08. The quantitative estimate of drug-likeness (QED) is 0.816. The number of hydrogen-bond donors (Lipinski definition) is 1. The second-order valence-corrected chi connectivity index (χ2v) is 5.58. The smallest absolute Gasteiger partial charge is 0.227 e. The fraction of sp³-hybridized carbons (Fsp3) is 0.471. The van der Waals surface area contributed by atoms with Crippen LogP contribution in [0.2, 0.25) is 0 Å². The van der Waals surface area contributed by atoms with Crippen molar-refractivity contribution < 1.29 is 9.53 Å². The Morgan fingerprint density at radius 2 is 2.19 bits per heavy atom. The molecule has 1 saturated heterocycles. The average molecular weight is 288 g/mol. The lowest BCUT2D eigenvalue weighted by Gasteiger charge is -2.23. The lowest BCUT2D eigenvalue weighted by molar-refractivity contribution is -0.134. The Bertz CT molecular complexity index is 484. The molecule has 4 nitrogen and oxygen atoms in total.